The van der Waals surface area contributed by atoms with Crippen molar-refractivity contribution in [2.24, 2.45) is 5.92 Å². The lowest BCUT2D eigenvalue weighted by Gasteiger charge is -2.32. The summed E-state index contributed by atoms with van der Waals surface area (Å²) in [4.78, 5) is 0. The maximum absolute atomic E-state index is 11.6. The Morgan fingerprint density at radius 2 is 1.94 bits per heavy atom. The molecule has 0 bridgehead atoms. The van der Waals surface area contributed by atoms with Crippen molar-refractivity contribution in [3.8, 4) is 0 Å². The van der Waals surface area contributed by atoms with Crippen LogP contribution < -0.4 is 10.0 Å². The molecule has 18 heavy (non-hydrogen) atoms. The van der Waals surface area contributed by atoms with E-state index in [2.05, 4.69) is 17.0 Å². The van der Waals surface area contributed by atoms with Gasteiger partial charge in [-0.2, -0.15) is 0 Å². The normalized spacial score (nSPS) is 26.1. The number of sulfonamides is 1. The van der Waals surface area contributed by atoms with Crippen LogP contribution in [0, 0.1) is 5.92 Å². The van der Waals surface area contributed by atoms with Gasteiger partial charge in [0.2, 0.25) is 10.0 Å². The zero-order valence-corrected chi connectivity index (χ0v) is 12.5. The van der Waals surface area contributed by atoms with Gasteiger partial charge in [0.15, 0.2) is 14.9 Å². The lowest BCUT2D eigenvalue weighted by atomic mass is 9.89. The highest BCUT2D eigenvalue weighted by molar-refractivity contribution is 8.06. The fourth-order valence-corrected chi connectivity index (χ4v) is 5.31. The van der Waals surface area contributed by atoms with Crippen LogP contribution in [-0.4, -0.2) is 47.3 Å². The summed E-state index contributed by atoms with van der Waals surface area (Å²) in [6.45, 7) is 3.22. The van der Waals surface area contributed by atoms with E-state index in [1.807, 2.05) is 0 Å². The van der Waals surface area contributed by atoms with Gasteiger partial charge in [-0.05, 0) is 25.3 Å². The molecule has 1 fully saturated rings. The molecule has 2 N–H and O–H groups in total. The molecule has 0 aromatic rings. The Morgan fingerprint density at radius 3 is 2.50 bits per heavy atom. The Hall–Kier alpha value is -0.180. The molecule has 1 heterocycles. The molecule has 108 valence electrons. The molecule has 0 radical (unpaired) electrons. The first-order valence-electron chi connectivity index (χ1n) is 6.12. The summed E-state index contributed by atoms with van der Waals surface area (Å²) in [5, 5.41) is 2.44. The zero-order valence-electron chi connectivity index (χ0n) is 10.8. The van der Waals surface area contributed by atoms with E-state index >= 15 is 0 Å². The van der Waals surface area contributed by atoms with E-state index in [4.69, 9.17) is 0 Å². The monoisotopic (exact) mass is 298 g/mol. The molecular formula is C10H22N2O4S2. The van der Waals surface area contributed by atoms with Crippen molar-refractivity contribution >= 4 is 19.9 Å². The smallest absolute Gasteiger partial charge is 0.226 e. The maximum atomic E-state index is 11.6. The molecule has 2 atom stereocenters. The molecule has 1 saturated heterocycles. The summed E-state index contributed by atoms with van der Waals surface area (Å²) in [7, 11) is -7.27. The van der Waals surface area contributed by atoms with Gasteiger partial charge in [0.25, 0.3) is 0 Å². The minimum absolute atomic E-state index is 0.0954. The average molecular weight is 298 g/mol. The van der Waals surface area contributed by atoms with Crippen LogP contribution in [0.4, 0.5) is 0 Å². The Kier molecular flexibility index (Phi) is 5.57. The molecule has 8 heteroatoms. The summed E-state index contributed by atoms with van der Waals surface area (Å²) in [5.74, 6) is 0.444. The third kappa shape index (κ3) is 5.64. The molecule has 1 aliphatic heterocycles. The van der Waals surface area contributed by atoms with Gasteiger partial charge >= 0.3 is 0 Å². The Morgan fingerprint density at radius 1 is 1.28 bits per heavy atom. The number of hydrogen-bond acceptors (Lipinski definition) is 5. The summed E-state index contributed by atoms with van der Waals surface area (Å²) in [6.07, 6.45) is 4.10. The van der Waals surface area contributed by atoms with Gasteiger partial charge in [0, 0.05) is 18.8 Å². The first-order chi connectivity index (χ1) is 8.23. The number of nitrogens with one attached hydrogen (secondary N) is 2. The minimum atomic E-state index is -3.75. The van der Waals surface area contributed by atoms with Gasteiger partial charge in [-0.25, -0.2) is 21.6 Å². The van der Waals surface area contributed by atoms with E-state index in [1.165, 1.54) is 0 Å². The Balaban J connectivity index is 2.53. The average Bonchev–Trinajstić information content (AvgIpc) is 2.23. The number of sulfone groups is 1. The number of piperidine rings is 1. The zero-order chi connectivity index (χ0) is 13.8. The third-order valence-corrected chi connectivity index (χ3v) is 6.70. The van der Waals surface area contributed by atoms with Crippen molar-refractivity contribution in [2.75, 3.05) is 24.4 Å². The molecule has 0 amide bonds. The number of rotatable bonds is 6. The molecule has 1 rings (SSSR count). The molecule has 2 unspecified atom stereocenters. The summed E-state index contributed by atoms with van der Waals surface area (Å²) >= 11 is 0. The van der Waals surface area contributed by atoms with E-state index in [9.17, 15) is 16.8 Å². The van der Waals surface area contributed by atoms with Crippen LogP contribution in [-0.2, 0) is 19.9 Å². The fourth-order valence-electron chi connectivity index (χ4n) is 2.29. The molecule has 0 aliphatic carbocycles. The molecule has 6 nitrogen and oxygen atoms in total. The Bertz CT molecular complexity index is 458. The molecule has 0 saturated carbocycles. The summed E-state index contributed by atoms with van der Waals surface area (Å²) in [5.41, 5.74) is 0. The summed E-state index contributed by atoms with van der Waals surface area (Å²) < 4.78 is 47.5. The van der Waals surface area contributed by atoms with E-state index in [1.54, 1.807) is 0 Å². The van der Waals surface area contributed by atoms with E-state index < -0.39 is 24.9 Å². The minimum Gasteiger partial charge on any atom is -0.312 e. The highest BCUT2D eigenvalue weighted by Crippen LogP contribution is 2.19. The fraction of sp³-hybridized carbons (Fsp3) is 1.00. The quantitative estimate of drug-likeness (QED) is 0.701. The second-order valence-electron chi connectivity index (χ2n) is 4.88. The highest BCUT2D eigenvalue weighted by Gasteiger charge is 2.25. The van der Waals surface area contributed by atoms with Gasteiger partial charge in [-0.3, -0.25) is 0 Å². The molecule has 0 spiro atoms. The largest absolute Gasteiger partial charge is 0.312 e. The lowest BCUT2D eigenvalue weighted by molar-refractivity contribution is 0.273. The maximum Gasteiger partial charge on any atom is 0.226 e. The second kappa shape index (κ2) is 6.31. The SMILES string of the molecule is CCC1CCCNC1CNS(=O)(=O)CS(C)(=O)=O. The standard InChI is InChI=1S/C10H22N2O4S2/c1-3-9-5-4-6-11-10(9)7-12-18(15,16)8-17(2,13)14/h9-12H,3-8H2,1-2H3. The van der Waals surface area contributed by atoms with Crippen molar-refractivity contribution in [3.63, 3.8) is 0 Å². The first-order valence-corrected chi connectivity index (χ1v) is 9.83. The third-order valence-electron chi connectivity index (χ3n) is 3.14. The predicted octanol–water partition coefficient (Wildman–Crippen LogP) is -0.314. The topological polar surface area (TPSA) is 92.3 Å². The summed E-state index contributed by atoms with van der Waals surface area (Å²) in [6, 6.07) is 0.0954. The molecule has 0 aromatic heterocycles. The molecule has 1 aliphatic rings. The van der Waals surface area contributed by atoms with Crippen LogP contribution in [0.15, 0.2) is 0 Å². The van der Waals surface area contributed by atoms with Crippen LogP contribution in [0.5, 0.6) is 0 Å². The van der Waals surface area contributed by atoms with E-state index in [0.717, 1.165) is 32.1 Å². The second-order valence-corrected chi connectivity index (χ2v) is 9.19. The molecular weight excluding hydrogens is 276 g/mol. The van der Waals surface area contributed by atoms with Gasteiger partial charge in [-0.15, -0.1) is 0 Å². The Labute approximate surface area is 110 Å². The van der Waals surface area contributed by atoms with Crippen LogP contribution in [0.1, 0.15) is 26.2 Å². The first kappa shape index (κ1) is 15.9. The van der Waals surface area contributed by atoms with Crippen LogP contribution in [0.2, 0.25) is 0 Å². The van der Waals surface area contributed by atoms with Gasteiger partial charge in [-0.1, -0.05) is 13.3 Å². The lowest BCUT2D eigenvalue weighted by Crippen LogP contribution is -2.49. The number of hydrogen-bond donors (Lipinski definition) is 2. The van der Waals surface area contributed by atoms with Crippen LogP contribution in [0.25, 0.3) is 0 Å². The van der Waals surface area contributed by atoms with Crippen molar-refractivity contribution < 1.29 is 16.8 Å². The van der Waals surface area contributed by atoms with Gasteiger partial charge in [0.1, 0.15) is 0 Å². The van der Waals surface area contributed by atoms with Crippen molar-refractivity contribution in [2.45, 2.75) is 32.2 Å². The van der Waals surface area contributed by atoms with Gasteiger partial charge in [0.05, 0.1) is 0 Å². The van der Waals surface area contributed by atoms with E-state index in [0.29, 0.717) is 5.92 Å². The van der Waals surface area contributed by atoms with Crippen molar-refractivity contribution in [1.29, 1.82) is 0 Å². The van der Waals surface area contributed by atoms with Crippen molar-refractivity contribution in [3.05, 3.63) is 0 Å². The van der Waals surface area contributed by atoms with Gasteiger partial charge < -0.3 is 5.32 Å². The van der Waals surface area contributed by atoms with Crippen LogP contribution >= 0.6 is 0 Å². The van der Waals surface area contributed by atoms with E-state index in [-0.39, 0.29) is 12.6 Å². The van der Waals surface area contributed by atoms with Crippen molar-refractivity contribution in [1.82, 2.24) is 10.0 Å². The highest BCUT2D eigenvalue weighted by atomic mass is 32.3. The molecule has 0 aromatic carbocycles. The van der Waals surface area contributed by atoms with Crippen LogP contribution in [0.3, 0.4) is 0 Å². The predicted molar refractivity (Wildman–Crippen MR) is 71.4 cm³/mol.